The summed E-state index contributed by atoms with van der Waals surface area (Å²) in [6.45, 7) is 0. The molecule has 0 fully saturated rings. The molecule has 1 heterocycles. The number of fused-ring (bicyclic) bond motifs is 6. The molecule has 0 saturated heterocycles. The minimum atomic E-state index is 0.898. The SMILES string of the molecule is c1ccc(-c2c3ccccc3c(-c3ccc4oc5cc(-c6cccc(-c7ccc8ccccc8c7)c6)ccc5c4c3)c3ccccc23)cc1. The predicted molar refractivity (Wildman–Crippen MR) is 208 cm³/mol. The quantitative estimate of drug-likeness (QED) is 0.178. The van der Waals surface area contributed by atoms with Crippen LogP contribution in [0.15, 0.2) is 186 Å². The molecule has 0 radical (unpaired) electrons. The average molecular weight is 623 g/mol. The van der Waals surface area contributed by atoms with Crippen molar-refractivity contribution in [1.29, 1.82) is 0 Å². The molecule has 1 nitrogen and oxygen atoms in total. The summed E-state index contributed by atoms with van der Waals surface area (Å²) in [5.74, 6) is 0. The molecule has 0 N–H and O–H groups in total. The molecule has 0 aliphatic carbocycles. The fourth-order valence-electron chi connectivity index (χ4n) is 7.71. The molecule has 49 heavy (non-hydrogen) atoms. The molecule has 1 heteroatoms. The average Bonchev–Trinajstić information content (AvgIpc) is 3.54. The van der Waals surface area contributed by atoms with Crippen LogP contribution in [0.25, 0.3) is 98.8 Å². The van der Waals surface area contributed by atoms with Gasteiger partial charge in [-0.25, -0.2) is 0 Å². The Morgan fingerprint density at radius 3 is 1.49 bits per heavy atom. The first-order chi connectivity index (χ1) is 24.3. The lowest BCUT2D eigenvalue weighted by atomic mass is 9.86. The van der Waals surface area contributed by atoms with Crippen LogP contribution in [-0.2, 0) is 0 Å². The van der Waals surface area contributed by atoms with Crippen LogP contribution in [0, 0.1) is 0 Å². The number of rotatable bonds is 4. The molecule has 0 saturated carbocycles. The largest absolute Gasteiger partial charge is 0.456 e. The van der Waals surface area contributed by atoms with E-state index in [1.807, 2.05) is 0 Å². The lowest BCUT2D eigenvalue weighted by Crippen LogP contribution is -1.90. The second-order valence-electron chi connectivity index (χ2n) is 12.9. The Morgan fingerprint density at radius 1 is 0.245 bits per heavy atom. The zero-order valence-corrected chi connectivity index (χ0v) is 26.7. The van der Waals surface area contributed by atoms with Crippen LogP contribution in [0.1, 0.15) is 0 Å². The Morgan fingerprint density at radius 2 is 0.776 bits per heavy atom. The third-order valence-electron chi connectivity index (χ3n) is 10.0. The molecule has 10 aromatic rings. The highest BCUT2D eigenvalue weighted by Gasteiger charge is 2.18. The number of furan rings is 1. The van der Waals surface area contributed by atoms with Crippen molar-refractivity contribution in [3.05, 3.63) is 182 Å². The normalized spacial score (nSPS) is 11.7. The zero-order valence-electron chi connectivity index (χ0n) is 26.7. The molecule has 0 atom stereocenters. The van der Waals surface area contributed by atoms with Gasteiger partial charge in [-0.15, -0.1) is 0 Å². The second-order valence-corrected chi connectivity index (χ2v) is 12.9. The van der Waals surface area contributed by atoms with Crippen molar-refractivity contribution in [1.82, 2.24) is 0 Å². The van der Waals surface area contributed by atoms with Gasteiger partial charge in [0.2, 0.25) is 0 Å². The third kappa shape index (κ3) is 4.55. The highest BCUT2D eigenvalue weighted by molar-refractivity contribution is 6.22. The summed E-state index contributed by atoms with van der Waals surface area (Å²) in [6, 6.07) is 65.7. The molecular formula is C48H30O. The summed E-state index contributed by atoms with van der Waals surface area (Å²) < 4.78 is 6.52. The highest BCUT2D eigenvalue weighted by atomic mass is 16.3. The van der Waals surface area contributed by atoms with Gasteiger partial charge in [-0.1, -0.05) is 146 Å². The number of benzene rings is 9. The highest BCUT2D eigenvalue weighted by Crippen LogP contribution is 2.45. The van der Waals surface area contributed by atoms with Crippen molar-refractivity contribution in [2.24, 2.45) is 0 Å². The van der Waals surface area contributed by atoms with Crippen molar-refractivity contribution < 1.29 is 4.42 Å². The molecule has 10 rings (SSSR count). The van der Waals surface area contributed by atoms with E-state index in [1.165, 1.54) is 71.3 Å². The molecular weight excluding hydrogens is 593 g/mol. The Bertz CT molecular complexity index is 2820. The Balaban J connectivity index is 1.10. The summed E-state index contributed by atoms with van der Waals surface area (Å²) in [4.78, 5) is 0. The van der Waals surface area contributed by atoms with E-state index in [1.54, 1.807) is 0 Å². The van der Waals surface area contributed by atoms with Gasteiger partial charge in [-0.05, 0) is 113 Å². The van der Waals surface area contributed by atoms with Crippen LogP contribution in [0.2, 0.25) is 0 Å². The van der Waals surface area contributed by atoms with Gasteiger partial charge in [0.05, 0.1) is 0 Å². The van der Waals surface area contributed by atoms with E-state index in [0.29, 0.717) is 0 Å². The predicted octanol–water partition coefficient (Wildman–Crippen LogP) is 13.7. The van der Waals surface area contributed by atoms with Crippen LogP contribution in [-0.4, -0.2) is 0 Å². The first-order valence-corrected chi connectivity index (χ1v) is 16.8. The molecule has 0 amide bonds. The van der Waals surface area contributed by atoms with Crippen molar-refractivity contribution >= 4 is 54.3 Å². The van der Waals surface area contributed by atoms with E-state index in [0.717, 1.165) is 27.5 Å². The topological polar surface area (TPSA) is 13.1 Å². The van der Waals surface area contributed by atoms with Crippen LogP contribution >= 0.6 is 0 Å². The Kier molecular flexibility index (Phi) is 6.25. The van der Waals surface area contributed by atoms with Crippen molar-refractivity contribution in [3.8, 4) is 44.5 Å². The van der Waals surface area contributed by atoms with Crippen LogP contribution in [0.3, 0.4) is 0 Å². The summed E-state index contributed by atoms with van der Waals surface area (Å²) >= 11 is 0. The molecule has 0 bridgehead atoms. The minimum Gasteiger partial charge on any atom is -0.456 e. The van der Waals surface area contributed by atoms with E-state index in [9.17, 15) is 0 Å². The number of hydrogen-bond donors (Lipinski definition) is 0. The number of hydrogen-bond acceptors (Lipinski definition) is 1. The summed E-state index contributed by atoms with van der Waals surface area (Å²) in [6.07, 6.45) is 0. The standard InChI is InChI=1S/C48H30O/c1-2-12-32(13-3-1)47-40-17-6-8-19-42(40)48(43-20-9-7-18-41(43)47)38-24-26-45-44(29-38)39-25-23-37(30-46(39)49-45)35-16-10-15-34(28-35)36-22-21-31-11-4-5-14-33(31)27-36/h1-30H. The van der Waals surface area contributed by atoms with Crippen molar-refractivity contribution in [2.45, 2.75) is 0 Å². The Labute approximate surface area is 284 Å². The zero-order chi connectivity index (χ0) is 32.3. The molecule has 0 aliphatic heterocycles. The lowest BCUT2D eigenvalue weighted by Gasteiger charge is -2.17. The van der Waals surface area contributed by atoms with Gasteiger partial charge in [0.25, 0.3) is 0 Å². The van der Waals surface area contributed by atoms with E-state index in [2.05, 4.69) is 182 Å². The van der Waals surface area contributed by atoms with Gasteiger partial charge >= 0.3 is 0 Å². The van der Waals surface area contributed by atoms with Crippen molar-refractivity contribution in [3.63, 3.8) is 0 Å². The van der Waals surface area contributed by atoms with E-state index in [4.69, 9.17) is 4.42 Å². The van der Waals surface area contributed by atoms with E-state index < -0.39 is 0 Å². The molecule has 0 unspecified atom stereocenters. The lowest BCUT2D eigenvalue weighted by molar-refractivity contribution is 0.669. The van der Waals surface area contributed by atoms with Gasteiger partial charge in [0, 0.05) is 10.8 Å². The van der Waals surface area contributed by atoms with Crippen LogP contribution in [0.5, 0.6) is 0 Å². The van der Waals surface area contributed by atoms with Gasteiger partial charge < -0.3 is 4.42 Å². The summed E-state index contributed by atoms with van der Waals surface area (Å²) in [5, 5.41) is 9.78. The fraction of sp³-hybridized carbons (Fsp3) is 0. The van der Waals surface area contributed by atoms with Gasteiger partial charge in [-0.2, -0.15) is 0 Å². The summed E-state index contributed by atoms with van der Waals surface area (Å²) in [5.41, 5.74) is 11.5. The van der Waals surface area contributed by atoms with Gasteiger partial charge in [0.15, 0.2) is 0 Å². The van der Waals surface area contributed by atoms with Crippen molar-refractivity contribution in [2.75, 3.05) is 0 Å². The van der Waals surface area contributed by atoms with E-state index >= 15 is 0 Å². The molecule has 9 aromatic carbocycles. The molecule has 0 aliphatic rings. The second kappa shape index (κ2) is 11.1. The Hall–Kier alpha value is -6.44. The van der Waals surface area contributed by atoms with E-state index in [-0.39, 0.29) is 0 Å². The van der Waals surface area contributed by atoms with Gasteiger partial charge in [0.1, 0.15) is 11.2 Å². The maximum atomic E-state index is 6.52. The summed E-state index contributed by atoms with van der Waals surface area (Å²) in [7, 11) is 0. The molecule has 228 valence electrons. The van der Waals surface area contributed by atoms with Gasteiger partial charge in [-0.3, -0.25) is 0 Å². The molecule has 0 spiro atoms. The third-order valence-corrected chi connectivity index (χ3v) is 10.0. The minimum absolute atomic E-state index is 0.898. The smallest absolute Gasteiger partial charge is 0.136 e. The maximum absolute atomic E-state index is 6.52. The maximum Gasteiger partial charge on any atom is 0.136 e. The fourth-order valence-corrected chi connectivity index (χ4v) is 7.71. The molecule has 1 aromatic heterocycles. The van der Waals surface area contributed by atoms with Crippen LogP contribution in [0.4, 0.5) is 0 Å². The monoisotopic (exact) mass is 622 g/mol. The first-order valence-electron chi connectivity index (χ1n) is 16.8. The first kappa shape index (κ1) is 27.7. The van der Waals surface area contributed by atoms with Crippen LogP contribution < -0.4 is 0 Å².